The molecule has 1 atom stereocenters. The Bertz CT molecular complexity index is 1470. The Morgan fingerprint density at radius 1 is 1.07 bits per heavy atom. The van der Waals surface area contributed by atoms with Gasteiger partial charge in [0.25, 0.3) is 11.8 Å². The number of fused-ring (bicyclic) bond motifs is 1. The first-order valence-corrected chi connectivity index (χ1v) is 13.5. The average Bonchev–Trinajstić information content (AvgIpc) is 3.75. The minimum atomic E-state index is -1.08. The fourth-order valence-electron chi connectivity index (χ4n) is 5.13. The number of carbonyl (C=O) groups excluding carboxylic acids is 2. The van der Waals surface area contributed by atoms with Gasteiger partial charge in [-0.2, -0.15) is 4.80 Å². The largest absolute Gasteiger partial charge is 0.486 e. The predicted molar refractivity (Wildman–Crippen MR) is 142 cm³/mol. The molecule has 1 unspecified atom stereocenters. The second kappa shape index (κ2) is 11.2. The van der Waals surface area contributed by atoms with Crippen LogP contribution in [-0.2, 0) is 16.1 Å². The Hall–Kier alpha value is -4.61. The van der Waals surface area contributed by atoms with Gasteiger partial charge in [0.05, 0.1) is 6.26 Å². The number of amides is 2. The lowest BCUT2D eigenvalue weighted by Crippen LogP contribution is -2.48. The number of rotatable bonds is 8. The van der Waals surface area contributed by atoms with Gasteiger partial charge >= 0.3 is 0 Å². The van der Waals surface area contributed by atoms with Crippen molar-refractivity contribution in [2.75, 3.05) is 18.1 Å². The molecule has 4 heterocycles. The van der Waals surface area contributed by atoms with E-state index < -0.39 is 11.9 Å². The van der Waals surface area contributed by atoms with E-state index in [1.807, 2.05) is 6.92 Å². The van der Waals surface area contributed by atoms with Gasteiger partial charge in [0.2, 0.25) is 5.82 Å². The number of ether oxygens (including phenoxy) is 2. The second-order valence-electron chi connectivity index (χ2n) is 9.91. The molecule has 3 aromatic heterocycles. The standard InChI is InChI=1S/C28H30N6O6/c1-18-9-11-23(40-18)27-30-32-33(31-27)17-25(35)34(20-10-12-21-24(16-20)39-15-14-38-21)26(22-8-5-13-37-22)28(36)29-19-6-3-2-4-7-19/h5,8-13,16,19,26H,2-4,6-7,14-15,17H2,1H3,(H,29,36). The van der Waals surface area contributed by atoms with Crippen LogP contribution in [0, 0.1) is 6.92 Å². The first-order chi connectivity index (χ1) is 19.5. The van der Waals surface area contributed by atoms with Crippen LogP contribution < -0.4 is 19.7 Å². The number of nitrogens with zero attached hydrogens (tertiary/aromatic N) is 5. The third kappa shape index (κ3) is 5.42. The van der Waals surface area contributed by atoms with Crippen LogP contribution in [0.5, 0.6) is 11.5 Å². The van der Waals surface area contributed by atoms with Gasteiger partial charge in [-0.25, -0.2) is 0 Å². The molecule has 1 aliphatic carbocycles. The molecule has 6 rings (SSSR count). The normalized spacial score (nSPS) is 15.9. The summed E-state index contributed by atoms with van der Waals surface area (Å²) in [5, 5.41) is 15.6. The summed E-state index contributed by atoms with van der Waals surface area (Å²) in [6.07, 6.45) is 6.53. The van der Waals surface area contributed by atoms with E-state index in [0.29, 0.717) is 47.7 Å². The van der Waals surface area contributed by atoms with Crippen LogP contribution >= 0.6 is 0 Å². The van der Waals surface area contributed by atoms with E-state index in [9.17, 15) is 9.59 Å². The molecule has 1 fully saturated rings. The van der Waals surface area contributed by atoms with Crippen LogP contribution in [0.4, 0.5) is 5.69 Å². The highest BCUT2D eigenvalue weighted by Crippen LogP contribution is 2.37. The summed E-state index contributed by atoms with van der Waals surface area (Å²) in [5.74, 6) is 2.01. The number of hydrogen-bond donors (Lipinski definition) is 1. The SMILES string of the molecule is Cc1ccc(-c2nnn(CC(=O)N(c3ccc4c(c3)OCCO4)C(C(=O)NC3CCCCC3)c3ccco3)n2)o1. The highest BCUT2D eigenvalue weighted by atomic mass is 16.6. The Morgan fingerprint density at radius 2 is 1.90 bits per heavy atom. The highest BCUT2D eigenvalue weighted by Gasteiger charge is 2.37. The van der Waals surface area contributed by atoms with Gasteiger partial charge in [-0.3, -0.25) is 14.5 Å². The van der Waals surface area contributed by atoms with Crippen molar-refractivity contribution in [2.45, 2.75) is 57.7 Å². The topological polar surface area (TPSA) is 138 Å². The summed E-state index contributed by atoms with van der Waals surface area (Å²) in [4.78, 5) is 30.5. The molecule has 1 N–H and O–H groups in total. The van der Waals surface area contributed by atoms with Crippen molar-refractivity contribution in [3.63, 3.8) is 0 Å². The van der Waals surface area contributed by atoms with Crippen molar-refractivity contribution in [2.24, 2.45) is 0 Å². The number of carbonyl (C=O) groups is 2. The lowest BCUT2D eigenvalue weighted by atomic mass is 9.95. The van der Waals surface area contributed by atoms with Gasteiger partial charge in [-0.1, -0.05) is 19.3 Å². The van der Waals surface area contributed by atoms with Gasteiger partial charge in [-0.15, -0.1) is 10.2 Å². The molecule has 0 bridgehead atoms. The predicted octanol–water partition coefficient (Wildman–Crippen LogP) is 3.83. The maximum atomic E-state index is 14.0. The number of aryl methyl sites for hydroxylation is 1. The highest BCUT2D eigenvalue weighted by molar-refractivity contribution is 6.01. The van der Waals surface area contributed by atoms with Crippen molar-refractivity contribution in [3.8, 4) is 23.1 Å². The average molecular weight is 547 g/mol. The molecule has 12 heteroatoms. The molecule has 4 aromatic rings. The molecule has 2 aliphatic rings. The van der Waals surface area contributed by atoms with Crippen LogP contribution in [0.1, 0.15) is 49.7 Å². The summed E-state index contributed by atoms with van der Waals surface area (Å²) in [5.41, 5.74) is 0.441. The first-order valence-electron chi connectivity index (χ1n) is 13.5. The van der Waals surface area contributed by atoms with Crippen LogP contribution in [0.2, 0.25) is 0 Å². The van der Waals surface area contributed by atoms with E-state index >= 15 is 0 Å². The van der Waals surface area contributed by atoms with Gasteiger partial charge < -0.3 is 23.6 Å². The third-order valence-corrected chi connectivity index (χ3v) is 7.03. The number of nitrogens with one attached hydrogen (secondary N) is 1. The Kier molecular flexibility index (Phi) is 7.21. The van der Waals surface area contributed by atoms with Gasteiger partial charge in [0, 0.05) is 17.8 Å². The molecule has 1 aliphatic heterocycles. The number of benzene rings is 1. The van der Waals surface area contributed by atoms with Gasteiger partial charge in [0.1, 0.15) is 31.3 Å². The minimum Gasteiger partial charge on any atom is -0.486 e. The van der Waals surface area contributed by atoms with Crippen molar-refractivity contribution in [1.29, 1.82) is 0 Å². The molecule has 208 valence electrons. The van der Waals surface area contributed by atoms with Crippen molar-refractivity contribution in [3.05, 3.63) is 60.2 Å². The lowest BCUT2D eigenvalue weighted by Gasteiger charge is -2.32. The zero-order chi connectivity index (χ0) is 27.5. The zero-order valence-electron chi connectivity index (χ0n) is 22.1. The quantitative estimate of drug-likeness (QED) is 0.349. The van der Waals surface area contributed by atoms with E-state index in [1.54, 1.807) is 42.5 Å². The van der Waals surface area contributed by atoms with E-state index in [-0.39, 0.29) is 24.3 Å². The Labute approximate surface area is 230 Å². The van der Waals surface area contributed by atoms with Crippen molar-refractivity contribution < 1.29 is 27.9 Å². The molecular weight excluding hydrogens is 516 g/mol. The second-order valence-corrected chi connectivity index (χ2v) is 9.91. The molecule has 40 heavy (non-hydrogen) atoms. The molecule has 0 radical (unpaired) electrons. The van der Waals surface area contributed by atoms with Gasteiger partial charge in [0.15, 0.2) is 23.3 Å². The van der Waals surface area contributed by atoms with E-state index in [1.165, 1.54) is 16.0 Å². The molecule has 1 saturated carbocycles. The Morgan fingerprint density at radius 3 is 2.65 bits per heavy atom. The van der Waals surface area contributed by atoms with Crippen LogP contribution in [0.3, 0.4) is 0 Å². The molecule has 1 aromatic carbocycles. The Balaban J connectivity index is 1.35. The summed E-state index contributed by atoms with van der Waals surface area (Å²) >= 11 is 0. The summed E-state index contributed by atoms with van der Waals surface area (Å²) < 4.78 is 22.8. The summed E-state index contributed by atoms with van der Waals surface area (Å²) in [6, 6.07) is 11.0. The fourth-order valence-corrected chi connectivity index (χ4v) is 5.13. The van der Waals surface area contributed by atoms with E-state index in [4.69, 9.17) is 18.3 Å². The maximum Gasteiger partial charge on any atom is 0.251 e. The van der Waals surface area contributed by atoms with Gasteiger partial charge in [-0.05, 0) is 61.4 Å². The van der Waals surface area contributed by atoms with Crippen LogP contribution in [0.15, 0.2) is 57.6 Å². The summed E-state index contributed by atoms with van der Waals surface area (Å²) in [6.45, 7) is 2.35. The van der Waals surface area contributed by atoms with Crippen molar-refractivity contribution in [1.82, 2.24) is 25.5 Å². The number of furan rings is 2. The fraction of sp³-hybridized carbons (Fsp3) is 0.393. The van der Waals surface area contributed by atoms with Crippen LogP contribution in [0.25, 0.3) is 11.6 Å². The number of hydrogen-bond acceptors (Lipinski definition) is 9. The molecule has 0 spiro atoms. The monoisotopic (exact) mass is 546 g/mol. The van der Waals surface area contributed by atoms with Crippen LogP contribution in [-0.4, -0.2) is 51.3 Å². The summed E-state index contributed by atoms with van der Waals surface area (Å²) in [7, 11) is 0. The number of anilines is 1. The molecular formula is C28H30N6O6. The molecule has 2 amide bonds. The lowest BCUT2D eigenvalue weighted by molar-refractivity contribution is -0.128. The smallest absolute Gasteiger partial charge is 0.251 e. The van der Waals surface area contributed by atoms with E-state index in [0.717, 1.165) is 32.1 Å². The molecule has 0 saturated heterocycles. The first kappa shape index (κ1) is 25.7. The molecule has 12 nitrogen and oxygen atoms in total. The van der Waals surface area contributed by atoms with Crippen molar-refractivity contribution >= 4 is 17.5 Å². The minimum absolute atomic E-state index is 0.0345. The maximum absolute atomic E-state index is 14.0. The zero-order valence-corrected chi connectivity index (χ0v) is 22.1. The van der Waals surface area contributed by atoms with E-state index in [2.05, 4.69) is 20.7 Å². The third-order valence-electron chi connectivity index (χ3n) is 7.03. The number of aromatic nitrogens is 4. The number of tetrazole rings is 1.